The van der Waals surface area contributed by atoms with Crippen molar-refractivity contribution in [2.24, 2.45) is 0 Å². The van der Waals surface area contributed by atoms with Gasteiger partial charge in [0.05, 0.1) is 30.3 Å². The molecule has 5 heteroatoms. The molecular weight excluding hydrogens is 290 g/mol. The molecule has 1 aromatic rings. The van der Waals surface area contributed by atoms with Gasteiger partial charge in [0.25, 0.3) is 0 Å². The second kappa shape index (κ2) is 7.14. The normalized spacial score (nSPS) is 20.0. The number of likely N-dealkylation sites (tertiary alicyclic amines) is 1. The van der Waals surface area contributed by atoms with Crippen molar-refractivity contribution in [2.75, 3.05) is 26.2 Å². The number of hydrogen-bond donors (Lipinski definition) is 0. The first-order valence-electron chi connectivity index (χ1n) is 8.49. The Morgan fingerprint density at radius 1 is 1.13 bits per heavy atom. The van der Waals surface area contributed by atoms with E-state index in [0.29, 0.717) is 5.88 Å². The highest BCUT2D eigenvalue weighted by Crippen LogP contribution is 2.21. The highest BCUT2D eigenvalue weighted by atomic mass is 16.5. The Bertz CT molecular complexity index is 488. The van der Waals surface area contributed by atoms with Gasteiger partial charge in [0, 0.05) is 25.0 Å². The van der Waals surface area contributed by atoms with Crippen molar-refractivity contribution in [3.05, 3.63) is 18.1 Å². The van der Waals surface area contributed by atoms with E-state index >= 15 is 0 Å². The van der Waals surface area contributed by atoms with Gasteiger partial charge in [0.2, 0.25) is 5.88 Å². The minimum absolute atomic E-state index is 0.0166. The zero-order chi connectivity index (χ0) is 17.1. The third-order valence-electron chi connectivity index (χ3n) is 3.86. The molecule has 0 N–H and O–H groups in total. The summed E-state index contributed by atoms with van der Waals surface area (Å²) in [6, 6.07) is 0. The van der Waals surface area contributed by atoms with Crippen LogP contribution < -0.4 is 4.74 Å². The van der Waals surface area contributed by atoms with Crippen LogP contribution in [-0.2, 0) is 10.2 Å². The van der Waals surface area contributed by atoms with Gasteiger partial charge in [-0.2, -0.15) is 0 Å². The molecule has 0 amide bonds. The number of ether oxygens (including phenoxy) is 2. The maximum Gasteiger partial charge on any atom is 0.232 e. The van der Waals surface area contributed by atoms with E-state index < -0.39 is 0 Å². The largest absolute Gasteiger partial charge is 0.472 e. The molecule has 0 saturated carbocycles. The molecule has 0 radical (unpaired) electrons. The molecule has 0 aliphatic carbocycles. The number of rotatable bonds is 5. The summed E-state index contributed by atoms with van der Waals surface area (Å²) in [6.45, 7) is 16.3. The highest BCUT2D eigenvalue weighted by molar-refractivity contribution is 5.13. The Kier molecular flexibility index (Phi) is 5.63. The number of nitrogens with zero attached hydrogens (tertiary/aromatic N) is 3. The second-order valence-corrected chi connectivity index (χ2v) is 8.28. The average molecular weight is 321 g/mol. The topological polar surface area (TPSA) is 47.5 Å². The fourth-order valence-corrected chi connectivity index (χ4v) is 2.51. The van der Waals surface area contributed by atoms with E-state index in [9.17, 15) is 0 Å². The standard InChI is InChI=1S/C18H31N3O2/c1-17(2,3)15-11-20-16(12-19-15)23-14-7-8-21(13-14)9-10-22-18(4,5)6/h11-12,14H,7-10,13H2,1-6H3/t14-/m1/s1. The molecule has 2 rings (SSSR count). The zero-order valence-corrected chi connectivity index (χ0v) is 15.4. The van der Waals surface area contributed by atoms with Crippen molar-refractivity contribution in [1.29, 1.82) is 0 Å². The molecule has 0 aromatic carbocycles. The predicted molar refractivity (Wildman–Crippen MR) is 91.9 cm³/mol. The quantitative estimate of drug-likeness (QED) is 0.834. The van der Waals surface area contributed by atoms with E-state index in [-0.39, 0.29) is 17.1 Å². The van der Waals surface area contributed by atoms with Crippen LogP contribution in [-0.4, -0.2) is 52.8 Å². The molecule has 0 spiro atoms. The summed E-state index contributed by atoms with van der Waals surface area (Å²) < 4.78 is 11.7. The lowest BCUT2D eigenvalue weighted by molar-refractivity contribution is -0.0116. The molecule has 1 fully saturated rings. The van der Waals surface area contributed by atoms with Crippen LogP contribution in [0.2, 0.25) is 0 Å². The molecule has 1 atom stereocenters. The van der Waals surface area contributed by atoms with Gasteiger partial charge in [-0.1, -0.05) is 20.8 Å². The van der Waals surface area contributed by atoms with Gasteiger partial charge in [-0.05, 0) is 27.2 Å². The van der Waals surface area contributed by atoms with E-state index in [1.807, 2.05) is 6.20 Å². The molecule has 2 heterocycles. The number of aromatic nitrogens is 2. The van der Waals surface area contributed by atoms with E-state index in [4.69, 9.17) is 9.47 Å². The third-order valence-corrected chi connectivity index (χ3v) is 3.86. The summed E-state index contributed by atoms with van der Waals surface area (Å²) in [7, 11) is 0. The maximum atomic E-state index is 5.96. The van der Waals surface area contributed by atoms with Gasteiger partial charge in [-0.25, -0.2) is 4.98 Å². The Morgan fingerprint density at radius 3 is 2.43 bits per heavy atom. The predicted octanol–water partition coefficient (Wildman–Crippen LogP) is 3.04. The smallest absolute Gasteiger partial charge is 0.232 e. The van der Waals surface area contributed by atoms with Crippen LogP contribution in [0.1, 0.15) is 53.7 Å². The van der Waals surface area contributed by atoms with Crippen molar-refractivity contribution in [3.8, 4) is 5.88 Å². The molecule has 0 bridgehead atoms. The van der Waals surface area contributed by atoms with Crippen molar-refractivity contribution < 1.29 is 9.47 Å². The summed E-state index contributed by atoms with van der Waals surface area (Å²) in [5, 5.41) is 0. The first kappa shape index (κ1) is 18.1. The third kappa shape index (κ3) is 6.07. The average Bonchev–Trinajstić information content (AvgIpc) is 2.84. The highest BCUT2D eigenvalue weighted by Gasteiger charge is 2.25. The minimum Gasteiger partial charge on any atom is -0.472 e. The van der Waals surface area contributed by atoms with Crippen LogP contribution in [0, 0.1) is 0 Å². The van der Waals surface area contributed by atoms with E-state index in [1.165, 1.54) is 0 Å². The van der Waals surface area contributed by atoms with Crippen LogP contribution >= 0.6 is 0 Å². The van der Waals surface area contributed by atoms with Gasteiger partial charge in [-0.15, -0.1) is 0 Å². The Balaban J connectivity index is 1.77. The molecule has 0 unspecified atom stereocenters. The molecule has 1 aliphatic heterocycles. The van der Waals surface area contributed by atoms with Gasteiger partial charge in [0.15, 0.2) is 0 Å². The van der Waals surface area contributed by atoms with Crippen LogP contribution in [0.4, 0.5) is 0 Å². The molecule has 5 nitrogen and oxygen atoms in total. The summed E-state index contributed by atoms with van der Waals surface area (Å²) in [4.78, 5) is 11.2. The summed E-state index contributed by atoms with van der Waals surface area (Å²) in [5.41, 5.74) is 0.931. The minimum atomic E-state index is -0.0694. The molecule has 1 aliphatic rings. The summed E-state index contributed by atoms with van der Waals surface area (Å²) in [6.07, 6.45) is 4.78. The maximum absolute atomic E-state index is 5.96. The van der Waals surface area contributed by atoms with Gasteiger partial charge in [-0.3, -0.25) is 9.88 Å². The first-order valence-corrected chi connectivity index (χ1v) is 8.49. The summed E-state index contributed by atoms with van der Waals surface area (Å²) in [5.74, 6) is 0.621. The fraction of sp³-hybridized carbons (Fsp3) is 0.778. The van der Waals surface area contributed by atoms with Crippen molar-refractivity contribution >= 4 is 0 Å². The summed E-state index contributed by atoms with van der Waals surface area (Å²) >= 11 is 0. The molecule has 1 aromatic heterocycles. The monoisotopic (exact) mass is 321 g/mol. The Hall–Kier alpha value is -1.20. The lowest BCUT2D eigenvalue weighted by atomic mass is 9.93. The van der Waals surface area contributed by atoms with Crippen molar-refractivity contribution in [1.82, 2.24) is 14.9 Å². The van der Waals surface area contributed by atoms with E-state index in [2.05, 4.69) is 56.4 Å². The van der Waals surface area contributed by atoms with Crippen molar-refractivity contribution in [2.45, 2.75) is 65.1 Å². The Labute approximate surface area is 140 Å². The van der Waals surface area contributed by atoms with Crippen LogP contribution in [0.3, 0.4) is 0 Å². The Morgan fingerprint density at radius 2 is 1.87 bits per heavy atom. The molecular formula is C18H31N3O2. The first-order chi connectivity index (χ1) is 10.6. The van der Waals surface area contributed by atoms with Crippen LogP contribution in [0.5, 0.6) is 5.88 Å². The van der Waals surface area contributed by atoms with Crippen molar-refractivity contribution in [3.63, 3.8) is 0 Å². The molecule has 130 valence electrons. The van der Waals surface area contributed by atoms with Crippen LogP contribution in [0.25, 0.3) is 0 Å². The van der Waals surface area contributed by atoms with Gasteiger partial charge in [0.1, 0.15) is 6.10 Å². The molecule has 23 heavy (non-hydrogen) atoms. The lowest BCUT2D eigenvalue weighted by Crippen LogP contribution is -2.31. The lowest BCUT2D eigenvalue weighted by Gasteiger charge is -2.22. The number of hydrogen-bond acceptors (Lipinski definition) is 5. The molecule has 1 saturated heterocycles. The van der Waals surface area contributed by atoms with E-state index in [0.717, 1.165) is 38.4 Å². The SMILES string of the molecule is CC(C)(C)OCCN1CC[C@@H](Oc2cnc(C(C)(C)C)cn2)C1. The zero-order valence-electron chi connectivity index (χ0n) is 15.4. The van der Waals surface area contributed by atoms with E-state index in [1.54, 1.807) is 6.20 Å². The van der Waals surface area contributed by atoms with Gasteiger partial charge < -0.3 is 9.47 Å². The fourth-order valence-electron chi connectivity index (χ4n) is 2.51. The second-order valence-electron chi connectivity index (χ2n) is 8.28. The van der Waals surface area contributed by atoms with Crippen LogP contribution in [0.15, 0.2) is 12.4 Å². The van der Waals surface area contributed by atoms with Gasteiger partial charge >= 0.3 is 0 Å².